The van der Waals surface area contributed by atoms with Crippen molar-refractivity contribution in [1.29, 1.82) is 0 Å². The summed E-state index contributed by atoms with van der Waals surface area (Å²) in [6, 6.07) is 8.26. The van der Waals surface area contributed by atoms with Crippen molar-refractivity contribution in [3.63, 3.8) is 0 Å². The summed E-state index contributed by atoms with van der Waals surface area (Å²) in [5.41, 5.74) is -1.68. The van der Waals surface area contributed by atoms with E-state index in [2.05, 4.69) is 0 Å². The summed E-state index contributed by atoms with van der Waals surface area (Å²) in [5, 5.41) is 0. The number of benzene rings is 2. The Morgan fingerprint density at radius 2 is 1.51 bits per heavy atom. The second-order valence-electron chi connectivity index (χ2n) is 8.87. The van der Waals surface area contributed by atoms with Crippen LogP contribution in [0.2, 0.25) is 0 Å². The summed E-state index contributed by atoms with van der Waals surface area (Å²) >= 11 is 0. The smallest absolute Gasteiger partial charge is 0.464 e. The lowest BCUT2D eigenvalue weighted by Crippen LogP contribution is -2.49. The van der Waals surface area contributed by atoms with Gasteiger partial charge in [-0.25, -0.2) is 4.79 Å². The first-order chi connectivity index (χ1) is 17.3. The number of anilines is 1. The zero-order chi connectivity index (χ0) is 26.9. The highest BCUT2D eigenvalue weighted by Gasteiger charge is 2.68. The fourth-order valence-electron chi connectivity index (χ4n) is 5.77. The maximum Gasteiger partial charge on any atom is 0.471 e. The van der Waals surface area contributed by atoms with Crippen molar-refractivity contribution < 1.29 is 45.5 Å². The number of amides is 2. The van der Waals surface area contributed by atoms with Crippen LogP contribution in [0.5, 0.6) is 0 Å². The topological polar surface area (TPSA) is 66.9 Å². The van der Waals surface area contributed by atoms with E-state index in [9.17, 15) is 40.7 Å². The van der Waals surface area contributed by atoms with E-state index in [1.807, 2.05) is 0 Å². The van der Waals surface area contributed by atoms with Crippen molar-refractivity contribution >= 4 is 29.5 Å². The SMILES string of the molecule is CCOC(=O)C1C[C@@]23C(=Cc4ccccc4[C@@H]2N(C(=O)C(F)(F)F)c2ccccc23)N1C(=O)C(F)(F)F. The van der Waals surface area contributed by atoms with Gasteiger partial charge in [-0.05, 0) is 42.2 Å². The first-order valence-corrected chi connectivity index (χ1v) is 11.2. The van der Waals surface area contributed by atoms with Gasteiger partial charge in [-0.2, -0.15) is 26.3 Å². The standard InChI is InChI=1S/C25H18F6N2O4/c1-2-37-20(34)17-12-23-15-9-5-6-10-16(15)33(22(36)25(29,30)31)19(23)14-8-4-3-7-13(14)11-18(23)32(17)21(35)24(26,27)28/h3-11,17,19H,2,12H2,1H3/t17?,19-,23+/m0/s1. The van der Waals surface area contributed by atoms with Gasteiger partial charge < -0.3 is 4.74 Å². The number of rotatable bonds is 2. The van der Waals surface area contributed by atoms with Crippen LogP contribution in [0.15, 0.2) is 54.2 Å². The monoisotopic (exact) mass is 524 g/mol. The van der Waals surface area contributed by atoms with Gasteiger partial charge in [0.1, 0.15) is 6.04 Å². The number of fused-ring (bicyclic) bond motifs is 3. The third-order valence-corrected chi connectivity index (χ3v) is 6.98. The molecule has 194 valence electrons. The normalized spacial score (nSPS) is 24.0. The summed E-state index contributed by atoms with van der Waals surface area (Å²) in [5.74, 6) is -5.71. The number of halogens is 6. The molecule has 0 bridgehead atoms. The Morgan fingerprint density at radius 3 is 2.16 bits per heavy atom. The average Bonchev–Trinajstić information content (AvgIpc) is 3.33. The van der Waals surface area contributed by atoms with E-state index in [0.29, 0.717) is 4.90 Å². The Balaban J connectivity index is 1.84. The molecule has 1 fully saturated rings. The third-order valence-electron chi connectivity index (χ3n) is 6.98. The number of para-hydroxylation sites is 1. The number of carbonyl (C=O) groups excluding carboxylic acids is 3. The van der Waals surface area contributed by atoms with Crippen molar-refractivity contribution in [1.82, 2.24) is 4.90 Å². The lowest BCUT2D eigenvalue weighted by molar-refractivity contribution is -0.186. The summed E-state index contributed by atoms with van der Waals surface area (Å²) in [6.45, 7) is 1.23. The molecule has 2 amide bonds. The summed E-state index contributed by atoms with van der Waals surface area (Å²) in [6.07, 6.45) is -9.96. The molecule has 0 N–H and O–H groups in total. The van der Waals surface area contributed by atoms with Crippen LogP contribution < -0.4 is 4.90 Å². The second kappa shape index (κ2) is 8.09. The van der Waals surface area contributed by atoms with E-state index in [1.54, 1.807) is 0 Å². The minimum absolute atomic E-state index is 0.102. The molecule has 3 atom stereocenters. The van der Waals surface area contributed by atoms with Gasteiger partial charge in [0.15, 0.2) is 0 Å². The van der Waals surface area contributed by atoms with Gasteiger partial charge in [-0.1, -0.05) is 42.5 Å². The van der Waals surface area contributed by atoms with E-state index in [4.69, 9.17) is 4.74 Å². The van der Waals surface area contributed by atoms with Gasteiger partial charge in [-0.3, -0.25) is 19.4 Å². The predicted molar refractivity (Wildman–Crippen MR) is 117 cm³/mol. The molecule has 0 aromatic heterocycles. The fourth-order valence-corrected chi connectivity index (χ4v) is 5.77. The molecule has 12 heteroatoms. The highest BCUT2D eigenvalue weighted by Crippen LogP contribution is 2.66. The number of carbonyl (C=O) groups is 3. The van der Waals surface area contributed by atoms with Crippen LogP contribution in [-0.2, 0) is 24.5 Å². The van der Waals surface area contributed by atoms with Crippen molar-refractivity contribution in [2.45, 2.75) is 43.2 Å². The number of likely N-dealkylation sites (tertiary alicyclic amines) is 1. The molecular formula is C25H18F6N2O4. The Labute approximate surface area is 206 Å². The van der Waals surface area contributed by atoms with E-state index in [1.165, 1.54) is 61.5 Å². The van der Waals surface area contributed by atoms with E-state index in [0.717, 1.165) is 0 Å². The van der Waals surface area contributed by atoms with Crippen LogP contribution >= 0.6 is 0 Å². The molecule has 1 aliphatic carbocycles. The lowest BCUT2D eigenvalue weighted by atomic mass is 9.66. The minimum Gasteiger partial charge on any atom is -0.464 e. The van der Waals surface area contributed by atoms with Gasteiger partial charge in [0.2, 0.25) is 0 Å². The van der Waals surface area contributed by atoms with Crippen LogP contribution in [0.25, 0.3) is 6.08 Å². The fraction of sp³-hybridized carbons (Fsp3) is 0.320. The van der Waals surface area contributed by atoms with Gasteiger partial charge in [0.05, 0.1) is 18.1 Å². The molecule has 6 nitrogen and oxygen atoms in total. The highest BCUT2D eigenvalue weighted by molar-refractivity contribution is 6.03. The van der Waals surface area contributed by atoms with E-state index >= 15 is 0 Å². The van der Waals surface area contributed by atoms with Crippen LogP contribution in [-0.4, -0.2) is 47.7 Å². The first-order valence-electron chi connectivity index (χ1n) is 11.2. The summed E-state index contributed by atoms with van der Waals surface area (Å²) in [4.78, 5) is 39.2. The van der Waals surface area contributed by atoms with Crippen molar-refractivity contribution in [3.8, 4) is 0 Å². The largest absolute Gasteiger partial charge is 0.471 e. The van der Waals surface area contributed by atoms with Crippen molar-refractivity contribution in [2.24, 2.45) is 0 Å². The molecule has 1 spiro atoms. The third kappa shape index (κ3) is 3.45. The summed E-state index contributed by atoms with van der Waals surface area (Å²) in [7, 11) is 0. The maximum absolute atomic E-state index is 13.8. The molecular weight excluding hydrogens is 506 g/mol. The quantitative estimate of drug-likeness (QED) is 0.424. The number of esters is 1. The van der Waals surface area contributed by atoms with Gasteiger partial charge in [0.25, 0.3) is 0 Å². The number of ether oxygens (including phenoxy) is 1. The highest BCUT2D eigenvalue weighted by atomic mass is 19.4. The van der Waals surface area contributed by atoms with Crippen molar-refractivity contribution in [2.75, 3.05) is 11.5 Å². The first kappa shape index (κ1) is 24.8. The molecule has 5 rings (SSSR count). The van der Waals surface area contributed by atoms with Gasteiger partial charge >= 0.3 is 30.1 Å². The zero-order valence-electron chi connectivity index (χ0n) is 19.1. The zero-order valence-corrected chi connectivity index (χ0v) is 19.1. The molecule has 0 saturated carbocycles. The second-order valence-corrected chi connectivity index (χ2v) is 8.87. The van der Waals surface area contributed by atoms with Crippen molar-refractivity contribution in [3.05, 3.63) is 70.9 Å². The summed E-state index contributed by atoms with van der Waals surface area (Å²) < 4.78 is 87.9. The molecule has 2 aromatic rings. The predicted octanol–water partition coefficient (Wildman–Crippen LogP) is 4.66. The van der Waals surface area contributed by atoms with Crippen LogP contribution in [0.3, 0.4) is 0 Å². The maximum atomic E-state index is 13.8. The Kier molecular flexibility index (Phi) is 5.43. The van der Waals surface area contributed by atoms with Gasteiger partial charge in [0, 0.05) is 11.4 Å². The number of hydrogen-bond acceptors (Lipinski definition) is 4. The Morgan fingerprint density at radius 1 is 0.919 bits per heavy atom. The number of nitrogens with zero attached hydrogens (tertiary/aromatic N) is 2. The minimum atomic E-state index is -5.40. The molecule has 1 saturated heterocycles. The van der Waals surface area contributed by atoms with Crippen LogP contribution in [0.1, 0.15) is 36.1 Å². The molecule has 2 aromatic carbocycles. The Hall–Kier alpha value is -3.83. The number of alkyl halides is 6. The lowest BCUT2D eigenvalue weighted by Gasteiger charge is -2.41. The van der Waals surface area contributed by atoms with E-state index in [-0.39, 0.29) is 39.6 Å². The van der Waals surface area contributed by atoms with Crippen LogP contribution in [0, 0.1) is 0 Å². The molecule has 2 heterocycles. The molecule has 2 aliphatic heterocycles. The molecule has 37 heavy (non-hydrogen) atoms. The average molecular weight is 524 g/mol. The van der Waals surface area contributed by atoms with E-state index < -0.39 is 54.1 Å². The van der Waals surface area contributed by atoms with Crippen LogP contribution in [0.4, 0.5) is 32.0 Å². The molecule has 0 radical (unpaired) electrons. The Bertz CT molecular complexity index is 1350. The molecule has 3 aliphatic rings. The van der Waals surface area contributed by atoms with Gasteiger partial charge in [-0.15, -0.1) is 0 Å². The molecule has 1 unspecified atom stereocenters. The number of hydrogen-bond donors (Lipinski definition) is 0.